The Balaban J connectivity index is 0.00000208. The molecule has 0 atom stereocenters. The van der Waals surface area contributed by atoms with E-state index in [1.165, 1.54) is 5.56 Å². The summed E-state index contributed by atoms with van der Waals surface area (Å²) in [6.45, 7) is 1.49. The van der Waals surface area contributed by atoms with E-state index in [1.807, 2.05) is 48.5 Å². The number of nitrogens with one attached hydrogen (secondary N) is 1. The Morgan fingerprint density at radius 1 is 1.00 bits per heavy atom. The van der Waals surface area contributed by atoms with E-state index in [4.69, 9.17) is 20.8 Å². The molecule has 0 spiro atoms. The van der Waals surface area contributed by atoms with Crippen molar-refractivity contribution in [3.8, 4) is 17.1 Å². The first kappa shape index (κ1) is 18.4. The lowest BCUT2D eigenvalue weighted by atomic mass is 10.2. The molecule has 0 amide bonds. The summed E-state index contributed by atoms with van der Waals surface area (Å²) in [7, 11) is 1.60. The molecule has 0 saturated heterocycles. The van der Waals surface area contributed by atoms with Crippen LogP contribution < -0.4 is 22.5 Å². The third kappa shape index (κ3) is 4.54. The Morgan fingerprint density at radius 2 is 1.79 bits per heavy atom. The van der Waals surface area contributed by atoms with Crippen molar-refractivity contribution in [1.29, 1.82) is 0 Å². The molecule has 0 radical (unpaired) electrons. The quantitative estimate of drug-likeness (QED) is 0.727. The third-order valence-electron chi connectivity index (χ3n) is 3.57. The normalized spacial score (nSPS) is 10.2. The highest BCUT2D eigenvalue weighted by Crippen LogP contribution is 2.31. The molecule has 1 aromatic heterocycles. The largest absolute Gasteiger partial charge is 1.00 e. The first-order valence-electron chi connectivity index (χ1n) is 7.43. The molecule has 0 saturated carbocycles. The molecule has 1 N–H and O–H groups in total. The van der Waals surface area contributed by atoms with Crippen LogP contribution in [0.25, 0.3) is 11.3 Å². The number of hydrogen-bond acceptors (Lipinski definition) is 3. The van der Waals surface area contributed by atoms with Crippen molar-refractivity contribution in [3.63, 3.8) is 0 Å². The Kier molecular flexibility index (Phi) is 6.73. The van der Waals surface area contributed by atoms with E-state index in [0.29, 0.717) is 17.3 Å². The van der Waals surface area contributed by atoms with E-state index in [-0.39, 0.29) is 12.4 Å². The van der Waals surface area contributed by atoms with Gasteiger partial charge in [0.15, 0.2) is 0 Å². The first-order chi connectivity index (χ1) is 11.3. The van der Waals surface area contributed by atoms with Crippen LogP contribution in [-0.2, 0) is 13.1 Å². The summed E-state index contributed by atoms with van der Waals surface area (Å²) in [5.74, 6) is 2.35. The molecule has 5 heteroatoms. The molecule has 3 nitrogen and oxygen atoms in total. The van der Waals surface area contributed by atoms with Gasteiger partial charge in [0.1, 0.15) is 17.3 Å². The van der Waals surface area contributed by atoms with Gasteiger partial charge in [-0.1, -0.05) is 41.9 Å². The number of ether oxygens (including phenoxy) is 1. The second-order valence-electron chi connectivity index (χ2n) is 5.20. The number of rotatable bonds is 6. The molecule has 0 aliphatic carbocycles. The average molecular weight is 363 g/mol. The molecule has 2 aromatic carbocycles. The lowest BCUT2D eigenvalue weighted by Gasteiger charge is -2.05. The zero-order valence-electron chi connectivity index (χ0n) is 13.3. The van der Waals surface area contributed by atoms with Gasteiger partial charge in [0.05, 0.1) is 18.7 Å². The maximum atomic E-state index is 6.16. The lowest BCUT2D eigenvalue weighted by Crippen LogP contribution is -3.00. The van der Waals surface area contributed by atoms with Crippen LogP contribution >= 0.6 is 11.6 Å². The number of halogens is 2. The van der Waals surface area contributed by atoms with Gasteiger partial charge < -0.3 is 26.9 Å². The maximum Gasteiger partial charge on any atom is 0.137 e. The smallest absolute Gasteiger partial charge is 0.137 e. The van der Waals surface area contributed by atoms with E-state index in [9.17, 15) is 0 Å². The minimum Gasteiger partial charge on any atom is -1.00 e. The summed E-state index contributed by atoms with van der Waals surface area (Å²) in [5, 5.41) is 3.95. The number of hydrogen-bond donors (Lipinski definition) is 1. The monoisotopic (exact) mass is 362 g/mol. The Morgan fingerprint density at radius 3 is 2.50 bits per heavy atom. The van der Waals surface area contributed by atoms with Gasteiger partial charge in [-0.2, -0.15) is 0 Å². The molecule has 0 fully saturated rings. The summed E-state index contributed by atoms with van der Waals surface area (Å²) in [6, 6.07) is 19.8. The van der Waals surface area contributed by atoms with Gasteiger partial charge in [0.2, 0.25) is 0 Å². The highest BCUT2D eigenvalue weighted by atomic mass is 35.5. The van der Waals surface area contributed by atoms with Crippen LogP contribution in [0.5, 0.6) is 5.75 Å². The van der Waals surface area contributed by atoms with Gasteiger partial charge in [0.25, 0.3) is 0 Å². The molecule has 3 rings (SSSR count). The van der Waals surface area contributed by atoms with Crippen molar-refractivity contribution < 1.29 is 21.6 Å². The number of benzene rings is 2. The Labute approximate surface area is 153 Å². The molecule has 0 bridgehead atoms. The van der Waals surface area contributed by atoms with Crippen LogP contribution in [-0.4, -0.2) is 7.11 Å². The predicted molar refractivity (Wildman–Crippen MR) is 92.7 cm³/mol. The summed E-state index contributed by atoms with van der Waals surface area (Å²) in [6.07, 6.45) is 0. The van der Waals surface area contributed by atoms with Crippen LogP contribution in [0.1, 0.15) is 11.3 Å². The maximum absolute atomic E-state index is 6.16. The minimum absolute atomic E-state index is 0. The molecule has 0 aliphatic heterocycles. The molecule has 0 aliphatic rings. The highest BCUT2D eigenvalue weighted by Gasteiger charge is 2.08. The lowest BCUT2D eigenvalue weighted by molar-refractivity contribution is -0.00000540. The molecule has 126 valence electrons. The molecule has 1 heterocycles. The standard InChI is InChI=1S/C19H18ClNO2.ClH/c1-22-19-9-7-15(11-17(19)20)18-10-8-16(23-18)13-21-12-14-5-3-2-4-6-14;/h2-11,21H,12-13H2,1H3;1H/p-1. The topological polar surface area (TPSA) is 34.4 Å². The van der Waals surface area contributed by atoms with E-state index in [0.717, 1.165) is 23.6 Å². The van der Waals surface area contributed by atoms with Crippen LogP contribution in [0, 0.1) is 0 Å². The van der Waals surface area contributed by atoms with Crippen LogP contribution in [0.4, 0.5) is 0 Å². The SMILES string of the molecule is COc1ccc(-c2ccc(CNCc3ccccc3)o2)cc1Cl.[Cl-]. The zero-order valence-corrected chi connectivity index (χ0v) is 14.8. The third-order valence-corrected chi connectivity index (χ3v) is 3.86. The minimum atomic E-state index is 0. The van der Waals surface area contributed by atoms with Crippen molar-refractivity contribution in [2.75, 3.05) is 7.11 Å². The van der Waals surface area contributed by atoms with E-state index < -0.39 is 0 Å². The van der Waals surface area contributed by atoms with Crippen LogP contribution in [0.3, 0.4) is 0 Å². The fourth-order valence-corrected chi connectivity index (χ4v) is 2.63. The Bertz CT molecular complexity index is 772. The fraction of sp³-hybridized carbons (Fsp3) is 0.158. The summed E-state index contributed by atoms with van der Waals surface area (Å²) >= 11 is 6.16. The van der Waals surface area contributed by atoms with Crippen molar-refractivity contribution >= 4 is 11.6 Å². The highest BCUT2D eigenvalue weighted by molar-refractivity contribution is 6.32. The number of methoxy groups -OCH3 is 1. The van der Waals surface area contributed by atoms with Gasteiger partial charge in [-0.25, -0.2) is 0 Å². The average Bonchev–Trinajstić information content (AvgIpc) is 3.05. The van der Waals surface area contributed by atoms with Crippen molar-refractivity contribution in [1.82, 2.24) is 5.32 Å². The van der Waals surface area contributed by atoms with Crippen LogP contribution in [0.2, 0.25) is 5.02 Å². The molecule has 24 heavy (non-hydrogen) atoms. The fourth-order valence-electron chi connectivity index (χ4n) is 2.37. The summed E-state index contributed by atoms with van der Waals surface area (Å²) in [4.78, 5) is 0. The van der Waals surface area contributed by atoms with Gasteiger partial charge in [-0.05, 0) is 35.9 Å². The summed E-state index contributed by atoms with van der Waals surface area (Å²) < 4.78 is 11.0. The molecular weight excluding hydrogens is 345 g/mol. The van der Waals surface area contributed by atoms with Gasteiger partial charge >= 0.3 is 0 Å². The second kappa shape index (κ2) is 8.78. The molecule has 3 aromatic rings. The molecular formula is C19H18Cl2NO2-. The van der Waals surface area contributed by atoms with Gasteiger partial charge in [-0.3, -0.25) is 0 Å². The van der Waals surface area contributed by atoms with E-state index in [2.05, 4.69) is 17.4 Å². The second-order valence-corrected chi connectivity index (χ2v) is 5.61. The summed E-state index contributed by atoms with van der Waals surface area (Å²) in [5.41, 5.74) is 2.19. The Hall–Kier alpha value is -1.94. The zero-order chi connectivity index (χ0) is 16.1. The van der Waals surface area contributed by atoms with Gasteiger partial charge in [-0.15, -0.1) is 0 Å². The number of furan rings is 1. The van der Waals surface area contributed by atoms with Crippen molar-refractivity contribution in [3.05, 3.63) is 77.0 Å². The van der Waals surface area contributed by atoms with Crippen molar-refractivity contribution in [2.45, 2.75) is 13.1 Å². The van der Waals surface area contributed by atoms with Crippen molar-refractivity contribution in [2.24, 2.45) is 0 Å². The van der Waals surface area contributed by atoms with E-state index in [1.54, 1.807) is 7.11 Å². The van der Waals surface area contributed by atoms with Crippen LogP contribution in [0.15, 0.2) is 65.1 Å². The van der Waals surface area contributed by atoms with E-state index >= 15 is 0 Å². The predicted octanol–water partition coefficient (Wildman–Crippen LogP) is 1.90. The first-order valence-corrected chi connectivity index (χ1v) is 7.81. The molecule has 0 unspecified atom stereocenters. The van der Waals surface area contributed by atoms with Gasteiger partial charge in [0, 0.05) is 12.1 Å².